The lowest BCUT2D eigenvalue weighted by Gasteiger charge is -2.19. The highest BCUT2D eigenvalue weighted by Crippen LogP contribution is 2.35. The lowest BCUT2D eigenvalue weighted by Crippen LogP contribution is -2.09. The smallest absolute Gasteiger partial charge is 0.145 e. The van der Waals surface area contributed by atoms with Crippen molar-refractivity contribution in [3.8, 4) is 23.0 Å². The SMILES string of the molecule is CCCOc1cc2c(cc1N)CCCO2.CCCOc1cc2c(cc1N)CCCO2. The molecular formula is C24H34N2O4. The number of hydrogen-bond acceptors (Lipinski definition) is 6. The summed E-state index contributed by atoms with van der Waals surface area (Å²) < 4.78 is 22.2. The summed E-state index contributed by atoms with van der Waals surface area (Å²) in [5, 5.41) is 0. The van der Waals surface area contributed by atoms with E-state index >= 15 is 0 Å². The fourth-order valence-electron chi connectivity index (χ4n) is 3.47. The molecule has 30 heavy (non-hydrogen) atoms. The zero-order valence-corrected chi connectivity index (χ0v) is 18.2. The molecule has 0 radical (unpaired) electrons. The highest BCUT2D eigenvalue weighted by atomic mass is 16.5. The van der Waals surface area contributed by atoms with Gasteiger partial charge in [-0.05, 0) is 61.8 Å². The lowest BCUT2D eigenvalue weighted by atomic mass is 10.1. The van der Waals surface area contributed by atoms with E-state index in [4.69, 9.17) is 30.4 Å². The van der Waals surface area contributed by atoms with Crippen LogP contribution in [-0.4, -0.2) is 26.4 Å². The number of aryl methyl sites for hydroxylation is 2. The van der Waals surface area contributed by atoms with E-state index in [-0.39, 0.29) is 0 Å². The number of benzene rings is 2. The van der Waals surface area contributed by atoms with Crippen LogP contribution < -0.4 is 30.4 Å². The van der Waals surface area contributed by atoms with Crippen molar-refractivity contribution in [2.75, 3.05) is 37.9 Å². The second kappa shape index (κ2) is 10.9. The second-order valence-corrected chi connectivity index (χ2v) is 7.60. The molecule has 0 unspecified atom stereocenters. The standard InChI is InChI=1S/2C12H17NO2/c2*1-2-5-14-12-8-11-9(7-10(12)13)4-3-6-15-11/h2*7-8H,2-6,13H2,1H3. The summed E-state index contributed by atoms with van der Waals surface area (Å²) in [5.74, 6) is 3.36. The Labute approximate surface area is 179 Å². The van der Waals surface area contributed by atoms with Crippen LogP contribution in [0, 0.1) is 0 Å². The first kappa shape index (κ1) is 21.9. The van der Waals surface area contributed by atoms with Crippen molar-refractivity contribution in [2.24, 2.45) is 0 Å². The van der Waals surface area contributed by atoms with Crippen LogP contribution in [0.15, 0.2) is 24.3 Å². The van der Waals surface area contributed by atoms with E-state index in [1.54, 1.807) is 0 Å². The maximum absolute atomic E-state index is 5.90. The van der Waals surface area contributed by atoms with Gasteiger partial charge in [-0.15, -0.1) is 0 Å². The quantitative estimate of drug-likeness (QED) is 0.662. The van der Waals surface area contributed by atoms with Crippen LogP contribution in [0.1, 0.15) is 50.7 Å². The number of nitrogens with two attached hydrogens (primary N) is 2. The number of anilines is 2. The van der Waals surface area contributed by atoms with E-state index in [9.17, 15) is 0 Å². The molecular weight excluding hydrogens is 380 g/mol. The fourth-order valence-corrected chi connectivity index (χ4v) is 3.47. The lowest BCUT2D eigenvalue weighted by molar-refractivity contribution is 0.281. The first-order valence-electron chi connectivity index (χ1n) is 11.0. The molecule has 0 spiro atoms. The van der Waals surface area contributed by atoms with E-state index in [2.05, 4.69) is 13.8 Å². The normalized spacial score (nSPS) is 14.2. The summed E-state index contributed by atoms with van der Waals surface area (Å²) in [6.45, 7) is 7.14. The molecule has 164 valence electrons. The summed E-state index contributed by atoms with van der Waals surface area (Å²) in [6, 6.07) is 7.78. The van der Waals surface area contributed by atoms with Crippen molar-refractivity contribution in [1.82, 2.24) is 0 Å². The van der Waals surface area contributed by atoms with E-state index in [0.29, 0.717) is 24.6 Å². The molecule has 2 aromatic carbocycles. The Hall–Kier alpha value is -2.76. The zero-order chi connectivity index (χ0) is 21.3. The third kappa shape index (κ3) is 5.65. The van der Waals surface area contributed by atoms with E-state index in [0.717, 1.165) is 74.7 Å². The average Bonchev–Trinajstić information content (AvgIpc) is 2.76. The molecule has 6 heteroatoms. The van der Waals surface area contributed by atoms with Gasteiger partial charge in [0.1, 0.15) is 23.0 Å². The van der Waals surface area contributed by atoms with Gasteiger partial charge in [-0.25, -0.2) is 0 Å². The topological polar surface area (TPSA) is 89.0 Å². The van der Waals surface area contributed by atoms with Crippen LogP contribution in [0.5, 0.6) is 23.0 Å². The molecule has 0 atom stereocenters. The van der Waals surface area contributed by atoms with E-state index in [1.165, 1.54) is 11.1 Å². The third-order valence-electron chi connectivity index (χ3n) is 5.01. The Morgan fingerprint density at radius 3 is 1.57 bits per heavy atom. The number of ether oxygens (including phenoxy) is 4. The van der Waals surface area contributed by atoms with Crippen LogP contribution in [0.4, 0.5) is 11.4 Å². The van der Waals surface area contributed by atoms with E-state index < -0.39 is 0 Å². The highest BCUT2D eigenvalue weighted by Gasteiger charge is 2.14. The van der Waals surface area contributed by atoms with Gasteiger partial charge in [-0.3, -0.25) is 0 Å². The van der Waals surface area contributed by atoms with Crippen LogP contribution in [0.3, 0.4) is 0 Å². The Balaban J connectivity index is 0.000000171. The molecule has 2 heterocycles. The summed E-state index contributed by atoms with van der Waals surface area (Å²) in [7, 11) is 0. The van der Waals surface area contributed by atoms with Crippen molar-refractivity contribution < 1.29 is 18.9 Å². The molecule has 4 rings (SSSR count). The highest BCUT2D eigenvalue weighted by molar-refractivity contribution is 5.60. The Kier molecular flexibility index (Phi) is 7.94. The van der Waals surface area contributed by atoms with Crippen LogP contribution in [-0.2, 0) is 12.8 Å². The van der Waals surface area contributed by atoms with Crippen molar-refractivity contribution in [1.29, 1.82) is 0 Å². The minimum Gasteiger partial charge on any atom is -0.493 e. The van der Waals surface area contributed by atoms with E-state index in [1.807, 2.05) is 24.3 Å². The Morgan fingerprint density at radius 2 is 1.17 bits per heavy atom. The zero-order valence-electron chi connectivity index (χ0n) is 18.2. The molecule has 2 aliphatic rings. The number of hydrogen-bond donors (Lipinski definition) is 2. The number of fused-ring (bicyclic) bond motifs is 2. The molecule has 2 aliphatic heterocycles. The van der Waals surface area contributed by atoms with Crippen molar-refractivity contribution in [2.45, 2.75) is 52.4 Å². The maximum atomic E-state index is 5.90. The molecule has 6 nitrogen and oxygen atoms in total. The molecule has 0 saturated heterocycles. The molecule has 0 amide bonds. The van der Waals surface area contributed by atoms with Crippen LogP contribution >= 0.6 is 0 Å². The summed E-state index contributed by atoms with van der Waals surface area (Å²) in [4.78, 5) is 0. The first-order chi connectivity index (χ1) is 14.6. The monoisotopic (exact) mass is 414 g/mol. The van der Waals surface area contributed by atoms with Gasteiger partial charge in [0.05, 0.1) is 37.8 Å². The molecule has 0 bridgehead atoms. The molecule has 0 aliphatic carbocycles. The minimum absolute atomic E-state index is 0.697. The fraction of sp³-hybridized carbons (Fsp3) is 0.500. The average molecular weight is 415 g/mol. The minimum atomic E-state index is 0.697. The van der Waals surface area contributed by atoms with Gasteiger partial charge in [0, 0.05) is 12.1 Å². The first-order valence-corrected chi connectivity index (χ1v) is 11.0. The van der Waals surface area contributed by atoms with Crippen molar-refractivity contribution >= 4 is 11.4 Å². The molecule has 0 saturated carbocycles. The number of rotatable bonds is 6. The van der Waals surface area contributed by atoms with Crippen molar-refractivity contribution in [3.05, 3.63) is 35.4 Å². The second-order valence-electron chi connectivity index (χ2n) is 7.60. The Bertz CT molecular complexity index is 769. The van der Waals surface area contributed by atoms with Crippen LogP contribution in [0.25, 0.3) is 0 Å². The summed E-state index contributed by atoms with van der Waals surface area (Å²) in [6.07, 6.45) is 6.21. The number of nitrogen functional groups attached to an aromatic ring is 2. The van der Waals surface area contributed by atoms with Crippen LogP contribution in [0.2, 0.25) is 0 Å². The summed E-state index contributed by atoms with van der Waals surface area (Å²) >= 11 is 0. The molecule has 0 aromatic heterocycles. The largest absolute Gasteiger partial charge is 0.493 e. The van der Waals surface area contributed by atoms with Gasteiger partial charge >= 0.3 is 0 Å². The summed E-state index contributed by atoms with van der Waals surface area (Å²) in [5.41, 5.74) is 15.6. The maximum Gasteiger partial charge on any atom is 0.145 e. The van der Waals surface area contributed by atoms with Gasteiger partial charge in [-0.2, -0.15) is 0 Å². The Morgan fingerprint density at radius 1 is 0.733 bits per heavy atom. The van der Waals surface area contributed by atoms with Gasteiger partial charge in [0.2, 0.25) is 0 Å². The van der Waals surface area contributed by atoms with Gasteiger partial charge in [-0.1, -0.05) is 13.8 Å². The predicted octanol–water partition coefficient (Wildman–Crippen LogP) is 4.77. The van der Waals surface area contributed by atoms with Gasteiger partial charge in [0.15, 0.2) is 0 Å². The molecule has 4 N–H and O–H groups in total. The van der Waals surface area contributed by atoms with Gasteiger partial charge in [0.25, 0.3) is 0 Å². The van der Waals surface area contributed by atoms with Crippen molar-refractivity contribution in [3.63, 3.8) is 0 Å². The predicted molar refractivity (Wildman–Crippen MR) is 121 cm³/mol. The molecule has 2 aromatic rings. The molecule has 0 fully saturated rings. The third-order valence-corrected chi connectivity index (χ3v) is 5.01. The van der Waals surface area contributed by atoms with Gasteiger partial charge < -0.3 is 30.4 Å².